The van der Waals surface area contributed by atoms with Crippen LogP contribution >= 0.6 is 0 Å². The maximum absolute atomic E-state index is 6.80. The van der Waals surface area contributed by atoms with Gasteiger partial charge in [-0.1, -0.05) is 273 Å². The molecule has 0 saturated carbocycles. The zero-order valence-electron chi connectivity index (χ0n) is 39.5. The van der Waals surface area contributed by atoms with E-state index in [9.17, 15) is 0 Å². The fourth-order valence-electron chi connectivity index (χ4n) is 8.65. The van der Waals surface area contributed by atoms with Crippen molar-refractivity contribution in [2.75, 3.05) is 13.2 Å². The highest BCUT2D eigenvalue weighted by molar-refractivity contribution is 4.65. The van der Waals surface area contributed by atoms with E-state index in [2.05, 4.69) is 41.5 Å². The summed E-state index contributed by atoms with van der Waals surface area (Å²) in [6.07, 6.45) is 57.4. The van der Waals surface area contributed by atoms with Gasteiger partial charge in [0.2, 0.25) is 0 Å². The van der Waals surface area contributed by atoms with Gasteiger partial charge in [0.25, 0.3) is 0 Å². The molecule has 0 aliphatic carbocycles. The molecule has 0 bridgehead atoms. The van der Waals surface area contributed by atoms with Crippen LogP contribution in [-0.4, -0.2) is 19.5 Å². The quantitative estimate of drug-likeness (QED) is 0.0453. The van der Waals surface area contributed by atoms with Gasteiger partial charge in [0.1, 0.15) is 0 Å². The zero-order chi connectivity index (χ0) is 40.1. The third kappa shape index (κ3) is 43.3. The van der Waals surface area contributed by atoms with Crippen molar-refractivity contribution in [1.29, 1.82) is 0 Å². The van der Waals surface area contributed by atoms with Gasteiger partial charge in [-0.05, 0) is 43.4 Å². The van der Waals surface area contributed by atoms with Crippen LogP contribution in [0.4, 0.5) is 0 Å². The van der Waals surface area contributed by atoms with Crippen molar-refractivity contribution in [1.82, 2.24) is 0 Å². The summed E-state index contributed by atoms with van der Waals surface area (Å²) in [6, 6.07) is 0. The summed E-state index contributed by atoms with van der Waals surface area (Å²) in [4.78, 5) is 0. The van der Waals surface area contributed by atoms with Crippen LogP contribution in [0.15, 0.2) is 0 Å². The minimum absolute atomic E-state index is 0.0254. The topological polar surface area (TPSA) is 18.5 Å². The summed E-state index contributed by atoms with van der Waals surface area (Å²) in [5.41, 5.74) is 0. The minimum Gasteiger partial charge on any atom is -0.352 e. The van der Waals surface area contributed by atoms with Crippen molar-refractivity contribution in [2.24, 2.45) is 17.8 Å². The summed E-state index contributed by atoms with van der Waals surface area (Å²) in [5, 5.41) is 0. The predicted octanol–water partition coefficient (Wildman–Crippen LogP) is 19.3. The van der Waals surface area contributed by atoms with E-state index >= 15 is 0 Å². The number of unbranched alkanes of at least 4 members (excludes halogenated alkanes) is 32. The van der Waals surface area contributed by atoms with E-state index in [0.29, 0.717) is 17.8 Å². The first kappa shape index (κ1) is 54.9. The van der Waals surface area contributed by atoms with Crippen LogP contribution < -0.4 is 0 Å². The molecular formula is C53H108O2. The van der Waals surface area contributed by atoms with Gasteiger partial charge in [-0.15, -0.1) is 0 Å². The Kier molecular flexibility index (Phi) is 46.5. The monoisotopic (exact) mass is 777 g/mol. The Balaban J connectivity index is 4.97. The lowest BCUT2D eigenvalue weighted by Gasteiger charge is -2.26. The fraction of sp³-hybridized carbons (Fsp3) is 1.00. The van der Waals surface area contributed by atoms with E-state index in [1.807, 2.05) is 0 Å². The largest absolute Gasteiger partial charge is 0.352 e. The molecule has 0 aromatic heterocycles. The van der Waals surface area contributed by atoms with Crippen LogP contribution in [0.25, 0.3) is 0 Å². The summed E-state index contributed by atoms with van der Waals surface area (Å²) >= 11 is 0. The van der Waals surface area contributed by atoms with E-state index in [1.165, 1.54) is 257 Å². The highest BCUT2D eigenvalue weighted by Crippen LogP contribution is 2.25. The van der Waals surface area contributed by atoms with Crippen LogP contribution in [0.5, 0.6) is 0 Å². The van der Waals surface area contributed by atoms with Crippen LogP contribution in [0.3, 0.4) is 0 Å². The van der Waals surface area contributed by atoms with Gasteiger partial charge < -0.3 is 9.47 Å². The van der Waals surface area contributed by atoms with E-state index in [4.69, 9.17) is 9.47 Å². The molecule has 0 aliphatic heterocycles. The Morgan fingerprint density at radius 3 is 0.673 bits per heavy atom. The third-order valence-corrected chi connectivity index (χ3v) is 12.6. The molecule has 0 fully saturated rings. The van der Waals surface area contributed by atoms with Gasteiger partial charge in [-0.3, -0.25) is 0 Å². The van der Waals surface area contributed by atoms with Crippen molar-refractivity contribution >= 4 is 0 Å². The lowest BCUT2D eigenvalue weighted by Crippen LogP contribution is -2.26. The second-order valence-corrected chi connectivity index (χ2v) is 18.9. The molecule has 2 unspecified atom stereocenters. The average Bonchev–Trinajstić information content (AvgIpc) is 3.18. The molecule has 0 radical (unpaired) electrons. The van der Waals surface area contributed by atoms with Crippen LogP contribution in [0.2, 0.25) is 0 Å². The van der Waals surface area contributed by atoms with E-state index in [-0.39, 0.29) is 6.29 Å². The van der Waals surface area contributed by atoms with Crippen LogP contribution in [-0.2, 0) is 9.47 Å². The maximum Gasteiger partial charge on any atom is 0.157 e. The molecule has 2 atom stereocenters. The fourth-order valence-corrected chi connectivity index (χ4v) is 8.65. The molecule has 0 aromatic carbocycles. The molecule has 55 heavy (non-hydrogen) atoms. The Hall–Kier alpha value is -0.0800. The van der Waals surface area contributed by atoms with Gasteiger partial charge >= 0.3 is 0 Å². The molecule has 2 nitrogen and oxygen atoms in total. The van der Waals surface area contributed by atoms with Crippen molar-refractivity contribution in [2.45, 2.75) is 311 Å². The second kappa shape index (κ2) is 46.6. The first-order valence-corrected chi connectivity index (χ1v) is 26.3. The van der Waals surface area contributed by atoms with Crippen molar-refractivity contribution in [3.8, 4) is 0 Å². The molecule has 0 N–H and O–H groups in total. The first-order valence-electron chi connectivity index (χ1n) is 26.3. The molecule has 2 heteroatoms. The Labute approximate surface area is 350 Å². The first-order chi connectivity index (χ1) is 27.1. The highest BCUT2D eigenvalue weighted by atomic mass is 16.7. The number of ether oxygens (including phenoxy) is 2. The van der Waals surface area contributed by atoms with Gasteiger partial charge in [0.05, 0.1) is 13.2 Å². The van der Waals surface area contributed by atoms with Gasteiger partial charge in [-0.2, -0.15) is 0 Å². The maximum atomic E-state index is 6.80. The number of hydrogen-bond donors (Lipinski definition) is 0. The normalized spacial score (nSPS) is 13.6. The summed E-state index contributed by atoms with van der Waals surface area (Å²) in [6.45, 7) is 15.8. The number of hydrogen-bond acceptors (Lipinski definition) is 2. The number of rotatable bonds is 48. The van der Waals surface area contributed by atoms with Crippen molar-refractivity contribution in [3.05, 3.63) is 0 Å². The van der Waals surface area contributed by atoms with Crippen LogP contribution in [0.1, 0.15) is 305 Å². The molecule has 0 amide bonds. The van der Waals surface area contributed by atoms with Crippen LogP contribution in [0, 0.1) is 17.8 Å². The lowest BCUT2D eigenvalue weighted by atomic mass is 9.94. The van der Waals surface area contributed by atoms with Crippen molar-refractivity contribution in [3.63, 3.8) is 0 Å². The molecule has 0 spiro atoms. The van der Waals surface area contributed by atoms with E-state index in [0.717, 1.165) is 19.6 Å². The van der Waals surface area contributed by atoms with Gasteiger partial charge in [0.15, 0.2) is 6.29 Å². The smallest absolute Gasteiger partial charge is 0.157 e. The predicted molar refractivity (Wildman–Crippen MR) is 250 cm³/mol. The summed E-state index contributed by atoms with van der Waals surface area (Å²) < 4.78 is 13.6. The lowest BCUT2D eigenvalue weighted by molar-refractivity contribution is -0.166. The molecule has 0 rings (SSSR count). The molecule has 0 heterocycles. The Morgan fingerprint density at radius 2 is 0.473 bits per heavy atom. The Bertz CT molecular complexity index is 623. The zero-order valence-corrected chi connectivity index (χ0v) is 39.5. The molecule has 0 aromatic rings. The SMILES string of the molecule is CCCCCCCCCCCCC(CCCCCCCCCC)COC(CC(C)C)OCC(CCCCCCCCCC)CCCCCCCCCCCC. The average molecular weight is 777 g/mol. The molecule has 0 saturated heterocycles. The third-order valence-electron chi connectivity index (χ3n) is 12.6. The van der Waals surface area contributed by atoms with Crippen molar-refractivity contribution < 1.29 is 9.47 Å². The van der Waals surface area contributed by atoms with Gasteiger partial charge in [-0.25, -0.2) is 0 Å². The molecule has 332 valence electrons. The van der Waals surface area contributed by atoms with E-state index in [1.54, 1.807) is 0 Å². The summed E-state index contributed by atoms with van der Waals surface area (Å²) in [7, 11) is 0. The van der Waals surface area contributed by atoms with E-state index < -0.39 is 0 Å². The Morgan fingerprint density at radius 1 is 0.273 bits per heavy atom. The summed E-state index contributed by atoms with van der Waals surface area (Å²) in [5.74, 6) is 2.01. The highest BCUT2D eigenvalue weighted by Gasteiger charge is 2.19. The standard InChI is InChI=1S/C53H108O2/c1-7-11-15-19-23-27-29-33-37-41-45-51(43-39-35-31-25-21-17-13-9-3)48-54-53(47-50(5)6)55-49-52(44-40-36-32-26-22-18-14-10-4)46-42-38-34-30-28-24-20-16-12-8-2/h50-53H,7-49H2,1-6H3. The molecule has 0 aliphatic rings. The second-order valence-electron chi connectivity index (χ2n) is 18.9. The van der Waals surface area contributed by atoms with Gasteiger partial charge in [0, 0.05) is 6.42 Å². The molecular weight excluding hydrogens is 669 g/mol. The minimum atomic E-state index is -0.0254.